The number of piperidine rings is 1. The topological polar surface area (TPSA) is 62.7 Å². The third-order valence-corrected chi connectivity index (χ3v) is 5.68. The molecular formula is C21H28F3N3O3. The van der Waals surface area contributed by atoms with Gasteiger partial charge in [-0.25, -0.2) is 9.78 Å². The van der Waals surface area contributed by atoms with Crippen LogP contribution in [-0.4, -0.2) is 46.1 Å². The van der Waals surface area contributed by atoms with E-state index in [4.69, 9.17) is 4.74 Å². The zero-order valence-electron chi connectivity index (χ0n) is 17.9. The summed E-state index contributed by atoms with van der Waals surface area (Å²) in [4.78, 5) is 32.4. The number of carbonyl (C=O) groups is 2. The molecule has 30 heavy (non-hydrogen) atoms. The van der Waals surface area contributed by atoms with Crippen molar-refractivity contribution in [2.24, 2.45) is 5.41 Å². The van der Waals surface area contributed by atoms with Gasteiger partial charge in [0.15, 0.2) is 0 Å². The predicted molar refractivity (Wildman–Crippen MR) is 105 cm³/mol. The third-order valence-electron chi connectivity index (χ3n) is 5.68. The van der Waals surface area contributed by atoms with Crippen molar-refractivity contribution >= 4 is 17.8 Å². The highest BCUT2D eigenvalue weighted by Crippen LogP contribution is 2.47. The summed E-state index contributed by atoms with van der Waals surface area (Å²) in [7, 11) is 0. The fourth-order valence-corrected chi connectivity index (χ4v) is 4.76. The number of anilines is 1. The fourth-order valence-electron chi connectivity index (χ4n) is 4.76. The highest BCUT2D eigenvalue weighted by Gasteiger charge is 2.51. The van der Waals surface area contributed by atoms with Crippen LogP contribution >= 0.6 is 0 Å². The summed E-state index contributed by atoms with van der Waals surface area (Å²) in [5.41, 5.74) is -1.85. The molecule has 2 aliphatic rings. The van der Waals surface area contributed by atoms with Crippen LogP contribution in [-0.2, 0) is 15.7 Å². The highest BCUT2D eigenvalue weighted by molar-refractivity contribution is 5.95. The molecule has 2 unspecified atom stereocenters. The molecule has 2 aliphatic heterocycles. The summed E-state index contributed by atoms with van der Waals surface area (Å²) in [6, 6.07) is 1.49. The average Bonchev–Trinajstić information content (AvgIpc) is 2.87. The van der Waals surface area contributed by atoms with E-state index >= 15 is 0 Å². The Morgan fingerprint density at radius 3 is 2.33 bits per heavy atom. The first-order chi connectivity index (χ1) is 13.7. The van der Waals surface area contributed by atoms with Gasteiger partial charge < -0.3 is 9.64 Å². The van der Waals surface area contributed by atoms with E-state index in [1.165, 1.54) is 4.90 Å². The van der Waals surface area contributed by atoms with Crippen LogP contribution in [0.1, 0.15) is 59.4 Å². The molecule has 0 radical (unpaired) electrons. The monoisotopic (exact) mass is 427 g/mol. The van der Waals surface area contributed by atoms with Gasteiger partial charge in [0.2, 0.25) is 5.91 Å². The third kappa shape index (κ3) is 4.54. The Kier molecular flexibility index (Phi) is 5.54. The maximum atomic E-state index is 13.1. The molecule has 9 heteroatoms. The molecule has 2 saturated heterocycles. The van der Waals surface area contributed by atoms with Gasteiger partial charge >= 0.3 is 12.3 Å². The molecule has 0 aliphatic carbocycles. The summed E-state index contributed by atoms with van der Waals surface area (Å²) < 4.78 is 44.7. The Labute approximate surface area is 174 Å². The van der Waals surface area contributed by atoms with Crippen molar-refractivity contribution in [2.75, 3.05) is 11.4 Å². The van der Waals surface area contributed by atoms with E-state index in [0.717, 1.165) is 18.3 Å². The summed E-state index contributed by atoms with van der Waals surface area (Å²) in [5, 5.41) is 0. The molecule has 166 valence electrons. The van der Waals surface area contributed by atoms with Crippen molar-refractivity contribution in [1.29, 1.82) is 0 Å². The molecule has 0 N–H and O–H groups in total. The number of hydrogen-bond donors (Lipinski definition) is 0. The summed E-state index contributed by atoms with van der Waals surface area (Å²) in [6.45, 7) is 9.54. The average molecular weight is 427 g/mol. The van der Waals surface area contributed by atoms with E-state index in [9.17, 15) is 22.8 Å². The molecule has 1 spiro atoms. The Morgan fingerprint density at radius 2 is 1.80 bits per heavy atom. The maximum Gasteiger partial charge on any atom is 0.416 e. The molecule has 0 saturated carbocycles. The largest absolute Gasteiger partial charge is 0.444 e. The minimum atomic E-state index is -4.50. The van der Waals surface area contributed by atoms with E-state index < -0.39 is 28.8 Å². The Balaban J connectivity index is 1.78. The number of rotatable bonds is 1. The molecule has 2 fully saturated rings. The number of aromatic nitrogens is 1. The van der Waals surface area contributed by atoms with Gasteiger partial charge in [-0.15, -0.1) is 0 Å². The molecule has 6 nitrogen and oxygen atoms in total. The van der Waals surface area contributed by atoms with Crippen molar-refractivity contribution in [1.82, 2.24) is 9.88 Å². The minimum absolute atomic E-state index is 0.0154. The Hall–Kier alpha value is -2.32. The normalized spacial score (nSPS) is 27.7. The van der Waals surface area contributed by atoms with Crippen LogP contribution in [0.4, 0.5) is 23.8 Å². The number of pyridine rings is 1. The van der Waals surface area contributed by atoms with Crippen LogP contribution in [0.3, 0.4) is 0 Å². The van der Waals surface area contributed by atoms with Crippen molar-refractivity contribution in [2.45, 2.75) is 77.7 Å². The second kappa shape index (κ2) is 7.42. The number of hydrogen-bond acceptors (Lipinski definition) is 4. The van der Waals surface area contributed by atoms with Gasteiger partial charge in [0.1, 0.15) is 11.4 Å². The number of halogens is 3. The van der Waals surface area contributed by atoms with Crippen molar-refractivity contribution in [3.8, 4) is 0 Å². The van der Waals surface area contributed by atoms with Crippen LogP contribution in [0.25, 0.3) is 0 Å². The molecular weight excluding hydrogens is 399 g/mol. The molecule has 1 aromatic rings. The van der Waals surface area contributed by atoms with Crippen LogP contribution in [0.2, 0.25) is 0 Å². The van der Waals surface area contributed by atoms with E-state index in [1.54, 1.807) is 25.7 Å². The zero-order valence-corrected chi connectivity index (χ0v) is 17.9. The van der Waals surface area contributed by atoms with Gasteiger partial charge in [-0.05, 0) is 59.6 Å². The number of likely N-dealkylation sites (tertiary alicyclic amines) is 1. The number of ether oxygens (including phenoxy) is 1. The predicted octanol–water partition coefficient (Wildman–Crippen LogP) is 4.63. The van der Waals surface area contributed by atoms with Crippen LogP contribution < -0.4 is 4.90 Å². The van der Waals surface area contributed by atoms with Crippen molar-refractivity contribution in [3.05, 3.63) is 23.9 Å². The quantitative estimate of drug-likeness (QED) is 0.656. The first-order valence-electron chi connectivity index (χ1n) is 10.1. The van der Waals surface area contributed by atoms with Crippen molar-refractivity contribution in [3.63, 3.8) is 0 Å². The van der Waals surface area contributed by atoms with E-state index in [-0.39, 0.29) is 36.8 Å². The SMILES string of the molecule is CC1CC2(CC(=O)N(c3cc(C(F)(F)F)ccn3)C2)CC(C)N1C(=O)OC(C)(C)C. The lowest BCUT2D eigenvalue weighted by atomic mass is 9.72. The van der Waals surface area contributed by atoms with E-state index in [1.807, 2.05) is 13.8 Å². The summed E-state index contributed by atoms with van der Waals surface area (Å²) >= 11 is 0. The van der Waals surface area contributed by atoms with Gasteiger partial charge in [0, 0.05) is 36.7 Å². The van der Waals surface area contributed by atoms with Crippen LogP contribution in [0, 0.1) is 5.41 Å². The van der Waals surface area contributed by atoms with Gasteiger partial charge in [0.25, 0.3) is 0 Å². The number of nitrogens with zero attached hydrogens (tertiary/aromatic N) is 3. The lowest BCUT2D eigenvalue weighted by Crippen LogP contribution is -2.55. The number of amides is 2. The first-order valence-corrected chi connectivity index (χ1v) is 10.1. The Morgan fingerprint density at radius 1 is 1.20 bits per heavy atom. The van der Waals surface area contributed by atoms with Crippen LogP contribution in [0.5, 0.6) is 0 Å². The molecule has 0 bridgehead atoms. The van der Waals surface area contributed by atoms with Gasteiger partial charge in [-0.1, -0.05) is 0 Å². The van der Waals surface area contributed by atoms with Gasteiger partial charge in [-0.2, -0.15) is 13.2 Å². The second-order valence-corrected chi connectivity index (χ2v) is 9.55. The molecule has 2 atom stereocenters. The molecule has 2 amide bonds. The van der Waals surface area contributed by atoms with E-state index in [2.05, 4.69) is 4.98 Å². The zero-order chi connectivity index (χ0) is 22.5. The first kappa shape index (κ1) is 22.4. The lowest BCUT2D eigenvalue weighted by molar-refractivity contribution is -0.137. The number of carbonyl (C=O) groups excluding carboxylic acids is 2. The lowest BCUT2D eigenvalue weighted by Gasteiger charge is -2.47. The van der Waals surface area contributed by atoms with Crippen molar-refractivity contribution < 1.29 is 27.5 Å². The van der Waals surface area contributed by atoms with Crippen LogP contribution in [0.15, 0.2) is 18.3 Å². The van der Waals surface area contributed by atoms with Gasteiger partial charge in [0.05, 0.1) is 5.56 Å². The standard InChI is InChI=1S/C21H28F3N3O3/c1-13-9-20(10-14(2)27(13)18(29)30-19(3,4)5)11-17(28)26(12-20)16-8-15(6-7-25-16)21(22,23)24/h6-8,13-14H,9-12H2,1-5H3. The molecule has 1 aromatic heterocycles. The molecule has 3 rings (SSSR count). The second-order valence-electron chi connectivity index (χ2n) is 9.55. The fraction of sp³-hybridized carbons (Fsp3) is 0.667. The Bertz CT molecular complexity index is 823. The molecule has 3 heterocycles. The number of alkyl halides is 3. The highest BCUT2D eigenvalue weighted by atomic mass is 19.4. The molecule has 0 aromatic carbocycles. The maximum absolute atomic E-state index is 13.1. The smallest absolute Gasteiger partial charge is 0.416 e. The van der Waals surface area contributed by atoms with E-state index in [0.29, 0.717) is 12.8 Å². The van der Waals surface area contributed by atoms with Gasteiger partial charge in [-0.3, -0.25) is 9.69 Å². The summed E-state index contributed by atoms with van der Waals surface area (Å²) in [6.07, 6.45) is -2.46. The minimum Gasteiger partial charge on any atom is -0.444 e. The summed E-state index contributed by atoms with van der Waals surface area (Å²) in [5.74, 6) is -0.228.